The molecule has 2 aliphatic carbocycles. The van der Waals surface area contributed by atoms with Gasteiger partial charge in [-0.2, -0.15) is 0 Å². The van der Waals surface area contributed by atoms with Crippen LogP contribution in [-0.4, -0.2) is 94.1 Å². The number of carbonyl (C=O) groups excluding carboxylic acids is 2. The highest BCUT2D eigenvalue weighted by Gasteiger charge is 2.39. The molecule has 1 saturated carbocycles. The zero-order valence-electron chi connectivity index (χ0n) is 33.6. The molecule has 0 radical (unpaired) electrons. The van der Waals surface area contributed by atoms with Gasteiger partial charge in [0, 0.05) is 54.5 Å². The maximum Gasteiger partial charge on any atom is 0.310 e. The molecule has 2 amide bonds. The Morgan fingerprint density at radius 2 is 1.62 bits per heavy atom. The molecule has 0 spiro atoms. The van der Waals surface area contributed by atoms with Crippen molar-refractivity contribution >= 4 is 34.7 Å². The van der Waals surface area contributed by atoms with Crippen LogP contribution < -0.4 is 5.32 Å². The number of carboxylic acid groups (broad SMARTS) is 1. The number of hydrogen-bond acceptors (Lipinski definition) is 8. The van der Waals surface area contributed by atoms with Crippen molar-refractivity contribution in [3.05, 3.63) is 75.7 Å². The molecule has 3 N–H and O–H groups in total. The minimum atomic E-state index is -0.910. The Labute approximate surface area is 331 Å². The lowest BCUT2D eigenvalue weighted by Gasteiger charge is -2.38. The van der Waals surface area contributed by atoms with E-state index in [9.17, 15) is 19.5 Å². The number of allylic oxidation sites excluding steroid dienone is 2. The van der Waals surface area contributed by atoms with Crippen molar-refractivity contribution in [3.63, 3.8) is 0 Å². The fraction of sp³-hybridized carbons (Fsp3) is 0.568. The largest absolute Gasteiger partial charge is 0.481 e. The number of carboxylic acids is 1. The molecule has 10 nitrogen and oxygen atoms in total. The van der Waals surface area contributed by atoms with E-state index in [1.54, 1.807) is 6.07 Å². The van der Waals surface area contributed by atoms with Gasteiger partial charge in [-0.15, -0.1) is 11.3 Å². The number of aliphatic hydroxyl groups excluding tert-OH is 1. The van der Waals surface area contributed by atoms with Crippen molar-refractivity contribution in [2.24, 2.45) is 23.7 Å². The highest BCUT2D eigenvalue weighted by Crippen LogP contribution is 2.41. The zero-order valence-corrected chi connectivity index (χ0v) is 34.4. The first kappa shape index (κ1) is 42.2. The summed E-state index contributed by atoms with van der Waals surface area (Å²) in [7, 11) is 3.85. The van der Waals surface area contributed by atoms with E-state index in [0.29, 0.717) is 10.7 Å². The van der Waals surface area contributed by atoms with Gasteiger partial charge in [0.25, 0.3) is 5.91 Å². The number of carbonyl (C=O) groups is 3. The summed E-state index contributed by atoms with van der Waals surface area (Å²) in [5.74, 6) is 1.23. The molecule has 3 heterocycles. The van der Waals surface area contributed by atoms with E-state index in [2.05, 4.69) is 39.1 Å². The first-order valence-electron chi connectivity index (χ1n) is 20.0. The highest BCUT2D eigenvalue weighted by molar-refractivity contribution is 7.14. The van der Waals surface area contributed by atoms with Crippen molar-refractivity contribution < 1.29 is 24.6 Å². The van der Waals surface area contributed by atoms with E-state index in [1.807, 2.05) is 61.7 Å². The number of nitrogens with zero attached hydrogens (tertiary/aromatic N) is 4. The Morgan fingerprint density at radius 3 is 2.13 bits per heavy atom. The lowest BCUT2D eigenvalue weighted by atomic mass is 9.71. The van der Waals surface area contributed by atoms with Crippen LogP contribution in [0.3, 0.4) is 0 Å². The summed E-state index contributed by atoms with van der Waals surface area (Å²) in [6.45, 7) is 9.94. The maximum atomic E-state index is 13.5. The van der Waals surface area contributed by atoms with Crippen LogP contribution in [0.15, 0.2) is 54.9 Å². The molecule has 2 aromatic heterocycles. The van der Waals surface area contributed by atoms with Crippen molar-refractivity contribution in [3.8, 4) is 11.4 Å². The number of likely N-dealkylation sites (tertiary alicyclic amines) is 1. The molecule has 2 fully saturated rings. The fourth-order valence-electron chi connectivity index (χ4n) is 7.81. The maximum absolute atomic E-state index is 13.5. The average molecular weight is 772 g/mol. The van der Waals surface area contributed by atoms with E-state index >= 15 is 0 Å². The van der Waals surface area contributed by atoms with Crippen molar-refractivity contribution in [2.75, 3.05) is 40.3 Å². The summed E-state index contributed by atoms with van der Waals surface area (Å²) < 4.78 is 0. The standard InChI is InChI=1S/C40H50N4O4S.C4H11NO/c1-5-25-6-10-27(11-7-25)28-14-16-29(17-15-28)31-21-41-36(42-22-31)30-12-8-26(9-13-30)20-33(38(46)44-23-32(24-44)39(47)48)43-37(45)34-18-19-35(49-34)40(2,3)4;1-5(2)3-4-6/h8-9,12-13,16,18-19,21-22,25,27-28,32-33H,5-7,10-11,14-15,17,20,23-24H2,1-4H3,(H,43,45)(H,47,48);6H,3-4H2,1-2H3/t25?,27?,28-,33-;/m0./s1. The number of rotatable bonds is 12. The molecule has 0 unspecified atom stereocenters. The second-order valence-electron chi connectivity index (χ2n) is 16.9. The Morgan fingerprint density at radius 1 is 0.945 bits per heavy atom. The number of likely N-dealkylation sites (N-methyl/N-ethyl adjacent to an activating group) is 1. The molecule has 1 aliphatic heterocycles. The number of aromatic nitrogens is 2. The number of aliphatic carboxylic acids is 1. The fourth-order valence-corrected chi connectivity index (χ4v) is 8.78. The molecule has 1 aromatic carbocycles. The van der Waals surface area contributed by atoms with Gasteiger partial charge in [-0.05, 0) is 92.6 Å². The Hall–Kier alpha value is -3.93. The minimum absolute atomic E-state index is 0.0859. The quantitative estimate of drug-likeness (QED) is 0.174. The van der Waals surface area contributed by atoms with Gasteiger partial charge < -0.3 is 25.3 Å². The van der Waals surface area contributed by atoms with E-state index in [4.69, 9.17) is 15.1 Å². The predicted molar refractivity (Wildman–Crippen MR) is 220 cm³/mol. The van der Waals surface area contributed by atoms with Gasteiger partial charge in [-0.25, -0.2) is 9.97 Å². The van der Waals surface area contributed by atoms with Crippen LogP contribution in [0.5, 0.6) is 0 Å². The minimum Gasteiger partial charge on any atom is -0.481 e. The van der Waals surface area contributed by atoms with E-state index in [0.717, 1.165) is 58.7 Å². The van der Waals surface area contributed by atoms with Gasteiger partial charge >= 0.3 is 5.97 Å². The lowest BCUT2D eigenvalue weighted by molar-refractivity contribution is -0.153. The molecule has 0 bridgehead atoms. The van der Waals surface area contributed by atoms with Crippen molar-refractivity contribution in [1.82, 2.24) is 25.1 Å². The number of thiophene rings is 1. The molecule has 2 atom stereocenters. The molecule has 298 valence electrons. The van der Waals surface area contributed by atoms with Crippen LogP contribution in [0.2, 0.25) is 0 Å². The molecule has 3 aromatic rings. The third-order valence-electron chi connectivity index (χ3n) is 11.5. The number of benzene rings is 1. The molecule has 6 rings (SSSR count). The Bertz CT molecular complexity index is 1750. The summed E-state index contributed by atoms with van der Waals surface area (Å²) in [5, 5.41) is 20.5. The van der Waals surface area contributed by atoms with Gasteiger partial charge in [-0.1, -0.05) is 77.3 Å². The number of aliphatic hydroxyl groups is 1. The van der Waals surface area contributed by atoms with Crippen LogP contribution in [0.25, 0.3) is 17.0 Å². The van der Waals surface area contributed by atoms with Crippen molar-refractivity contribution in [2.45, 2.75) is 96.9 Å². The van der Waals surface area contributed by atoms with Gasteiger partial charge in [0.2, 0.25) is 5.91 Å². The van der Waals surface area contributed by atoms with E-state index in [-0.39, 0.29) is 43.3 Å². The average Bonchev–Trinajstić information content (AvgIpc) is 3.67. The molecule has 3 aliphatic rings. The Kier molecular flexibility index (Phi) is 14.8. The molecular weight excluding hydrogens is 711 g/mol. The number of nitrogens with one attached hydrogen (secondary N) is 1. The highest BCUT2D eigenvalue weighted by atomic mass is 32.1. The van der Waals surface area contributed by atoms with Crippen LogP contribution in [0, 0.1) is 23.7 Å². The second-order valence-corrected chi connectivity index (χ2v) is 18.0. The topological polar surface area (TPSA) is 136 Å². The van der Waals surface area contributed by atoms with Gasteiger partial charge in [-0.3, -0.25) is 14.4 Å². The predicted octanol–water partition coefficient (Wildman–Crippen LogP) is 7.33. The SMILES string of the molecule is CCC1CCC([C@H]2CC=C(c3cnc(-c4ccc(C[C@H](NC(=O)c5ccc(C(C)(C)C)s5)C(=O)N5CC(C(=O)O)C5)cc4)nc3)CC2)CC1.CN(C)CCO. The summed E-state index contributed by atoms with van der Waals surface area (Å²) in [6.07, 6.45) is 17.0. The van der Waals surface area contributed by atoms with E-state index in [1.165, 1.54) is 60.3 Å². The van der Waals surface area contributed by atoms with Crippen LogP contribution in [0.4, 0.5) is 0 Å². The third-order valence-corrected chi connectivity index (χ3v) is 13.0. The van der Waals surface area contributed by atoms with E-state index < -0.39 is 17.9 Å². The van der Waals surface area contributed by atoms with Crippen LogP contribution >= 0.6 is 11.3 Å². The smallest absolute Gasteiger partial charge is 0.310 e. The third kappa shape index (κ3) is 11.6. The second kappa shape index (κ2) is 19.3. The molecule has 55 heavy (non-hydrogen) atoms. The number of hydrogen-bond donors (Lipinski definition) is 3. The lowest BCUT2D eigenvalue weighted by Crippen LogP contribution is -2.59. The molecule has 1 saturated heterocycles. The zero-order chi connectivity index (χ0) is 39.7. The normalized spacial score (nSPS) is 20.8. The first-order valence-corrected chi connectivity index (χ1v) is 20.9. The van der Waals surface area contributed by atoms with Crippen molar-refractivity contribution in [1.29, 1.82) is 0 Å². The summed E-state index contributed by atoms with van der Waals surface area (Å²) >= 11 is 1.42. The van der Waals surface area contributed by atoms with Crippen LogP contribution in [-0.2, 0) is 21.4 Å². The van der Waals surface area contributed by atoms with Gasteiger partial charge in [0.05, 0.1) is 17.4 Å². The van der Waals surface area contributed by atoms with Gasteiger partial charge in [0.15, 0.2) is 5.82 Å². The summed E-state index contributed by atoms with van der Waals surface area (Å²) in [4.78, 5) is 52.7. The Balaban J connectivity index is 0.000000895. The number of amides is 2. The van der Waals surface area contributed by atoms with Gasteiger partial charge in [0.1, 0.15) is 6.04 Å². The molecule has 11 heteroatoms. The first-order chi connectivity index (χ1) is 26.2. The molecular formula is C44H61N5O5S. The monoisotopic (exact) mass is 771 g/mol. The summed E-state index contributed by atoms with van der Waals surface area (Å²) in [5.41, 5.74) is 4.12. The van der Waals surface area contributed by atoms with Crippen LogP contribution in [0.1, 0.15) is 105 Å². The summed E-state index contributed by atoms with van der Waals surface area (Å²) in [6, 6.07) is 10.7.